The van der Waals surface area contributed by atoms with Gasteiger partial charge in [-0.25, -0.2) is 14.2 Å². The van der Waals surface area contributed by atoms with E-state index in [0.717, 1.165) is 0 Å². The van der Waals surface area contributed by atoms with Crippen molar-refractivity contribution in [1.82, 2.24) is 14.5 Å². The fourth-order valence-electron chi connectivity index (χ4n) is 2.87. The maximum atomic E-state index is 13.3. The second-order valence-electron chi connectivity index (χ2n) is 5.51. The Hall–Kier alpha value is -2.00. The second kappa shape index (κ2) is 7.05. The molecule has 0 spiro atoms. The molecule has 3 atom stereocenters. The molecule has 1 aliphatic rings. The van der Waals surface area contributed by atoms with Crippen molar-refractivity contribution < 1.29 is 18.7 Å². The van der Waals surface area contributed by atoms with Crippen LogP contribution in [-0.2, 0) is 9.47 Å². The van der Waals surface area contributed by atoms with Crippen molar-refractivity contribution in [3.63, 3.8) is 0 Å². The number of methoxy groups -OCH3 is 2. The molecule has 0 saturated heterocycles. The van der Waals surface area contributed by atoms with Gasteiger partial charge in [0.15, 0.2) is 0 Å². The monoisotopic (exact) mass is 329 g/mol. The average Bonchev–Trinajstić information content (AvgIpc) is 2.56. The summed E-state index contributed by atoms with van der Waals surface area (Å²) in [5.41, 5.74) is -2.12. The standard InChI is InChI=1S/C14H20FN3O5/c1-17(8-4-5-10(22-2)11(6-8)23-3)14(21)18-7-9(15)12(19)16-13(18)20/h7-8,10-11H,4-6H2,1-3H3,(H,16,19,20). The summed E-state index contributed by atoms with van der Waals surface area (Å²) >= 11 is 0. The van der Waals surface area contributed by atoms with Crippen LogP contribution in [0.5, 0.6) is 0 Å². The molecule has 1 aliphatic carbocycles. The molecule has 1 N–H and O–H groups in total. The zero-order valence-corrected chi connectivity index (χ0v) is 13.2. The summed E-state index contributed by atoms with van der Waals surface area (Å²) in [4.78, 5) is 38.3. The predicted octanol–water partition coefficient (Wildman–Crippen LogP) is 0.158. The van der Waals surface area contributed by atoms with E-state index in [1.165, 1.54) is 11.9 Å². The van der Waals surface area contributed by atoms with Crippen molar-refractivity contribution >= 4 is 6.03 Å². The Balaban J connectivity index is 2.19. The Morgan fingerprint density at radius 2 is 1.96 bits per heavy atom. The minimum absolute atomic E-state index is 0.0481. The average molecular weight is 329 g/mol. The predicted molar refractivity (Wildman–Crippen MR) is 79.1 cm³/mol. The van der Waals surface area contributed by atoms with Crippen LogP contribution in [0.25, 0.3) is 0 Å². The zero-order valence-electron chi connectivity index (χ0n) is 13.2. The van der Waals surface area contributed by atoms with Gasteiger partial charge in [0.25, 0.3) is 5.56 Å². The van der Waals surface area contributed by atoms with Gasteiger partial charge in [0.2, 0.25) is 5.82 Å². The van der Waals surface area contributed by atoms with Crippen LogP contribution >= 0.6 is 0 Å². The molecule has 0 aromatic carbocycles. The van der Waals surface area contributed by atoms with E-state index in [2.05, 4.69) is 0 Å². The summed E-state index contributed by atoms with van der Waals surface area (Å²) < 4.78 is 24.6. The molecule has 9 heteroatoms. The second-order valence-corrected chi connectivity index (χ2v) is 5.51. The molecule has 1 aromatic heterocycles. The Labute approximate surface area is 131 Å². The highest BCUT2D eigenvalue weighted by atomic mass is 19.1. The summed E-state index contributed by atoms with van der Waals surface area (Å²) in [5, 5.41) is 0. The van der Waals surface area contributed by atoms with Crippen molar-refractivity contribution in [2.75, 3.05) is 21.3 Å². The third-order valence-electron chi connectivity index (χ3n) is 4.26. The lowest BCUT2D eigenvalue weighted by molar-refractivity contribution is -0.0717. The molecule has 1 heterocycles. The maximum Gasteiger partial charge on any atom is 0.336 e. The topological polar surface area (TPSA) is 93.6 Å². The van der Waals surface area contributed by atoms with E-state index in [4.69, 9.17) is 9.47 Å². The van der Waals surface area contributed by atoms with E-state index in [1.54, 1.807) is 19.2 Å². The van der Waals surface area contributed by atoms with Crippen LogP contribution in [-0.4, -0.2) is 60.0 Å². The van der Waals surface area contributed by atoms with Crippen molar-refractivity contribution in [1.29, 1.82) is 0 Å². The normalized spacial score (nSPS) is 24.4. The fourth-order valence-corrected chi connectivity index (χ4v) is 2.87. The van der Waals surface area contributed by atoms with Gasteiger partial charge in [-0.15, -0.1) is 0 Å². The number of halogens is 1. The Morgan fingerprint density at radius 1 is 1.30 bits per heavy atom. The number of nitrogens with zero attached hydrogens (tertiary/aromatic N) is 2. The van der Waals surface area contributed by atoms with Crippen LogP contribution in [0.3, 0.4) is 0 Å². The zero-order chi connectivity index (χ0) is 17.1. The van der Waals surface area contributed by atoms with E-state index in [9.17, 15) is 18.8 Å². The molecule has 128 valence electrons. The molecular weight excluding hydrogens is 309 g/mol. The molecule has 3 unspecified atom stereocenters. The number of hydrogen-bond donors (Lipinski definition) is 1. The van der Waals surface area contributed by atoms with Crippen LogP contribution in [0.1, 0.15) is 19.3 Å². The summed E-state index contributed by atoms with van der Waals surface area (Å²) in [6, 6.07) is -0.887. The number of H-pyrrole nitrogens is 1. The molecule has 1 amide bonds. The first kappa shape index (κ1) is 17.4. The molecular formula is C14H20FN3O5. The maximum absolute atomic E-state index is 13.3. The lowest BCUT2D eigenvalue weighted by Crippen LogP contribution is -2.50. The summed E-state index contributed by atoms with van der Waals surface area (Å²) in [5.74, 6) is -1.19. The van der Waals surface area contributed by atoms with Crippen molar-refractivity contribution in [3.8, 4) is 0 Å². The molecule has 0 bridgehead atoms. The van der Waals surface area contributed by atoms with Crippen molar-refractivity contribution in [2.45, 2.75) is 37.5 Å². The van der Waals surface area contributed by atoms with Gasteiger partial charge >= 0.3 is 11.7 Å². The van der Waals surface area contributed by atoms with Gasteiger partial charge in [-0.2, -0.15) is 4.39 Å². The van der Waals surface area contributed by atoms with Gasteiger partial charge in [0.1, 0.15) is 0 Å². The molecule has 1 aromatic rings. The minimum Gasteiger partial charge on any atom is -0.379 e. The number of nitrogens with one attached hydrogen (secondary N) is 1. The summed E-state index contributed by atoms with van der Waals surface area (Å²) in [6.07, 6.45) is 2.30. The number of ether oxygens (including phenoxy) is 2. The molecule has 23 heavy (non-hydrogen) atoms. The number of rotatable bonds is 3. The van der Waals surface area contributed by atoms with Gasteiger partial charge in [0, 0.05) is 27.3 Å². The first-order chi connectivity index (χ1) is 10.9. The quantitative estimate of drug-likeness (QED) is 0.852. The lowest BCUT2D eigenvalue weighted by Gasteiger charge is -2.38. The minimum atomic E-state index is -1.19. The molecule has 1 saturated carbocycles. The number of hydrogen-bond acceptors (Lipinski definition) is 5. The lowest BCUT2D eigenvalue weighted by atomic mass is 9.89. The van der Waals surface area contributed by atoms with Gasteiger partial charge in [-0.05, 0) is 19.3 Å². The van der Waals surface area contributed by atoms with Gasteiger partial charge < -0.3 is 14.4 Å². The molecule has 8 nitrogen and oxygen atoms in total. The van der Waals surface area contributed by atoms with Crippen LogP contribution in [0.4, 0.5) is 9.18 Å². The highest BCUT2D eigenvalue weighted by molar-refractivity contribution is 5.76. The highest BCUT2D eigenvalue weighted by Gasteiger charge is 2.34. The van der Waals surface area contributed by atoms with E-state index in [0.29, 0.717) is 30.0 Å². The third-order valence-corrected chi connectivity index (χ3v) is 4.26. The van der Waals surface area contributed by atoms with Crippen molar-refractivity contribution in [3.05, 3.63) is 32.9 Å². The van der Waals surface area contributed by atoms with E-state index < -0.39 is 23.1 Å². The van der Waals surface area contributed by atoms with Crippen LogP contribution < -0.4 is 11.2 Å². The van der Waals surface area contributed by atoms with E-state index in [1.807, 2.05) is 0 Å². The van der Waals surface area contributed by atoms with Crippen LogP contribution in [0.15, 0.2) is 15.8 Å². The van der Waals surface area contributed by atoms with Crippen LogP contribution in [0.2, 0.25) is 0 Å². The largest absolute Gasteiger partial charge is 0.379 e. The Kier molecular flexibility index (Phi) is 5.32. The third kappa shape index (κ3) is 3.50. The van der Waals surface area contributed by atoms with Gasteiger partial charge in [0.05, 0.1) is 18.4 Å². The van der Waals surface area contributed by atoms with E-state index in [-0.39, 0.29) is 18.2 Å². The van der Waals surface area contributed by atoms with Gasteiger partial charge in [-0.1, -0.05) is 0 Å². The number of amides is 1. The molecule has 0 radical (unpaired) electrons. The molecule has 1 fully saturated rings. The SMILES string of the molecule is COC1CCC(N(C)C(=O)n2cc(F)c(=O)[nH]c2=O)CC1OC. The van der Waals surface area contributed by atoms with E-state index >= 15 is 0 Å². The summed E-state index contributed by atoms with van der Waals surface area (Å²) in [7, 11) is 4.71. The smallest absolute Gasteiger partial charge is 0.336 e. The van der Waals surface area contributed by atoms with Gasteiger partial charge in [-0.3, -0.25) is 9.78 Å². The Bertz CT molecular complexity index is 686. The van der Waals surface area contributed by atoms with Crippen molar-refractivity contribution in [2.24, 2.45) is 0 Å². The fraction of sp³-hybridized carbons (Fsp3) is 0.643. The molecule has 2 rings (SSSR count). The number of carbonyl (C=O) groups excluding carboxylic acids is 1. The molecule has 0 aliphatic heterocycles. The Morgan fingerprint density at radius 3 is 2.57 bits per heavy atom. The first-order valence-electron chi connectivity index (χ1n) is 7.23. The number of aromatic amines is 1. The van der Waals surface area contributed by atoms with Crippen LogP contribution in [0, 0.1) is 5.82 Å². The first-order valence-corrected chi connectivity index (χ1v) is 7.23. The number of aromatic nitrogens is 2. The summed E-state index contributed by atoms with van der Waals surface area (Å²) in [6.45, 7) is 0. The highest BCUT2D eigenvalue weighted by Crippen LogP contribution is 2.26. The number of carbonyl (C=O) groups is 1.